The molecule has 0 atom stereocenters. The molecule has 5 nitrogen and oxygen atoms in total. The third-order valence-electron chi connectivity index (χ3n) is 7.50. The smallest absolute Gasteiger partial charge is 0.195 e. The molecule has 41 heavy (non-hydrogen) atoms. The summed E-state index contributed by atoms with van der Waals surface area (Å²) in [6.07, 6.45) is 1.94. The van der Waals surface area contributed by atoms with E-state index in [2.05, 4.69) is 53.1 Å². The molecular formula is C35H26N4OS. The fourth-order valence-electron chi connectivity index (χ4n) is 5.61. The molecule has 8 rings (SSSR count). The lowest BCUT2D eigenvalue weighted by atomic mass is 10.1. The SMILES string of the molecule is [2H]C([2H])([2H])N1CN(c2cccc(Oc3ccc4c5ccccc5n(-c5ncc(-c6ccccc6)s5)c4c3)c2)c2ccccc21. The monoisotopic (exact) mass is 553 g/mol. The zero-order valence-corrected chi connectivity index (χ0v) is 22.8. The maximum Gasteiger partial charge on any atom is 0.195 e. The lowest BCUT2D eigenvalue weighted by Gasteiger charge is -2.20. The molecule has 1 aliphatic heterocycles. The predicted molar refractivity (Wildman–Crippen MR) is 170 cm³/mol. The minimum atomic E-state index is -2.24. The second kappa shape index (κ2) is 9.54. The molecule has 5 aromatic carbocycles. The maximum absolute atomic E-state index is 8.04. The van der Waals surface area contributed by atoms with Gasteiger partial charge in [0, 0.05) is 45.9 Å². The van der Waals surface area contributed by atoms with E-state index in [1.807, 2.05) is 83.9 Å². The van der Waals surface area contributed by atoms with E-state index in [4.69, 9.17) is 13.8 Å². The molecule has 198 valence electrons. The Labute approximate surface area is 246 Å². The first kappa shape index (κ1) is 20.8. The molecule has 0 fully saturated rings. The van der Waals surface area contributed by atoms with Crippen LogP contribution in [0.3, 0.4) is 0 Å². The highest BCUT2D eigenvalue weighted by Crippen LogP contribution is 2.41. The number of hydrogen-bond donors (Lipinski definition) is 0. The highest BCUT2D eigenvalue weighted by atomic mass is 32.1. The summed E-state index contributed by atoms with van der Waals surface area (Å²) in [6.45, 7) is -2.02. The first-order chi connectivity index (χ1) is 21.4. The largest absolute Gasteiger partial charge is 0.457 e. The zero-order chi connectivity index (χ0) is 29.8. The Morgan fingerprint density at radius 1 is 0.732 bits per heavy atom. The van der Waals surface area contributed by atoms with Crippen molar-refractivity contribution < 1.29 is 8.85 Å². The summed E-state index contributed by atoms with van der Waals surface area (Å²) in [5.41, 5.74) is 5.63. The molecule has 0 N–H and O–H groups in total. The third-order valence-corrected chi connectivity index (χ3v) is 8.53. The Kier molecular flexibility index (Phi) is 4.83. The van der Waals surface area contributed by atoms with Crippen LogP contribution in [-0.4, -0.2) is 23.2 Å². The number of anilines is 3. The predicted octanol–water partition coefficient (Wildman–Crippen LogP) is 9.24. The molecule has 0 spiro atoms. The Balaban J connectivity index is 1.16. The lowest BCUT2D eigenvalue weighted by molar-refractivity contribution is 0.483. The molecule has 0 amide bonds. The summed E-state index contributed by atoms with van der Waals surface area (Å²) in [5, 5.41) is 3.16. The Bertz CT molecular complexity index is 2160. The van der Waals surface area contributed by atoms with Crippen LogP contribution in [0.2, 0.25) is 0 Å². The van der Waals surface area contributed by atoms with Crippen LogP contribution in [0.15, 0.2) is 128 Å². The normalized spacial score (nSPS) is 14.2. The van der Waals surface area contributed by atoms with Crippen molar-refractivity contribution in [2.24, 2.45) is 0 Å². The molecular weight excluding hydrogens is 524 g/mol. The summed E-state index contributed by atoms with van der Waals surface area (Å²) < 4.78 is 32.8. The van der Waals surface area contributed by atoms with Crippen LogP contribution in [0.25, 0.3) is 37.4 Å². The van der Waals surface area contributed by atoms with Crippen molar-refractivity contribution in [3.63, 3.8) is 0 Å². The van der Waals surface area contributed by atoms with Gasteiger partial charge in [-0.2, -0.15) is 0 Å². The molecule has 0 saturated carbocycles. The Hall–Kier alpha value is -5.07. The number of thiazole rings is 1. The van der Waals surface area contributed by atoms with Crippen LogP contribution in [0, 0.1) is 0 Å². The molecule has 6 heteroatoms. The third kappa shape index (κ3) is 4.03. The molecule has 3 heterocycles. The van der Waals surface area contributed by atoms with E-state index in [-0.39, 0.29) is 6.67 Å². The first-order valence-corrected chi connectivity index (χ1v) is 14.2. The minimum absolute atomic E-state index is 0.226. The van der Waals surface area contributed by atoms with E-state index in [9.17, 15) is 0 Å². The Morgan fingerprint density at radius 2 is 1.51 bits per heavy atom. The van der Waals surface area contributed by atoms with Gasteiger partial charge in [-0.1, -0.05) is 78.1 Å². The van der Waals surface area contributed by atoms with Crippen molar-refractivity contribution in [1.29, 1.82) is 0 Å². The average molecular weight is 554 g/mol. The summed E-state index contributed by atoms with van der Waals surface area (Å²) >= 11 is 1.66. The van der Waals surface area contributed by atoms with E-state index < -0.39 is 6.98 Å². The first-order valence-electron chi connectivity index (χ1n) is 14.9. The highest BCUT2D eigenvalue weighted by molar-refractivity contribution is 7.17. The van der Waals surface area contributed by atoms with Gasteiger partial charge in [0.05, 0.1) is 34.0 Å². The number of benzene rings is 5. The van der Waals surface area contributed by atoms with Gasteiger partial charge >= 0.3 is 0 Å². The van der Waals surface area contributed by atoms with Crippen LogP contribution < -0.4 is 14.5 Å². The second-order valence-electron chi connectivity index (χ2n) is 9.99. The standard InChI is InChI=1S/C35H26N4OS/c1-37-23-38(32-17-8-7-16-31(32)37)25-12-9-13-26(20-25)40-27-18-19-29-28-14-5-6-15-30(28)39(33(29)21-27)35-36-22-34(41-35)24-10-3-2-4-11-24/h2-22H,23H2,1H3/i1D3. The van der Waals surface area contributed by atoms with E-state index in [0.717, 1.165) is 48.8 Å². The van der Waals surface area contributed by atoms with Gasteiger partial charge in [-0.15, -0.1) is 0 Å². The van der Waals surface area contributed by atoms with E-state index in [0.29, 0.717) is 17.2 Å². The quantitative estimate of drug-likeness (QED) is 0.213. The summed E-state index contributed by atoms with van der Waals surface area (Å²) in [5.74, 6) is 1.36. The minimum Gasteiger partial charge on any atom is -0.457 e. The number of ether oxygens (including phenoxy) is 1. The van der Waals surface area contributed by atoms with Gasteiger partial charge in [-0.25, -0.2) is 4.98 Å². The molecule has 0 saturated heterocycles. The van der Waals surface area contributed by atoms with Gasteiger partial charge in [0.15, 0.2) is 5.13 Å². The van der Waals surface area contributed by atoms with Gasteiger partial charge in [-0.05, 0) is 48.0 Å². The molecule has 0 radical (unpaired) electrons. The van der Waals surface area contributed by atoms with Gasteiger partial charge < -0.3 is 14.5 Å². The topological polar surface area (TPSA) is 33.5 Å². The van der Waals surface area contributed by atoms with Gasteiger partial charge in [0.1, 0.15) is 11.5 Å². The van der Waals surface area contributed by atoms with Gasteiger partial charge in [0.2, 0.25) is 0 Å². The average Bonchev–Trinajstić information content (AvgIpc) is 3.76. The fourth-order valence-corrected chi connectivity index (χ4v) is 6.56. The van der Waals surface area contributed by atoms with Gasteiger partial charge in [-0.3, -0.25) is 4.57 Å². The van der Waals surface area contributed by atoms with Crippen molar-refractivity contribution in [3.8, 4) is 27.1 Å². The number of aromatic nitrogens is 2. The second-order valence-corrected chi connectivity index (χ2v) is 11.0. The van der Waals surface area contributed by atoms with Crippen LogP contribution >= 0.6 is 11.3 Å². The number of hydrogen-bond acceptors (Lipinski definition) is 5. The zero-order valence-electron chi connectivity index (χ0n) is 24.9. The number of rotatable bonds is 5. The van der Waals surface area contributed by atoms with Crippen molar-refractivity contribution >= 4 is 50.2 Å². The van der Waals surface area contributed by atoms with Crippen molar-refractivity contribution in [1.82, 2.24) is 9.55 Å². The van der Waals surface area contributed by atoms with Crippen LogP contribution in [0.1, 0.15) is 4.11 Å². The number of fused-ring (bicyclic) bond motifs is 4. The molecule has 2 aromatic heterocycles. The van der Waals surface area contributed by atoms with Gasteiger partial charge in [0.25, 0.3) is 0 Å². The van der Waals surface area contributed by atoms with Crippen LogP contribution in [0.5, 0.6) is 11.5 Å². The molecule has 1 aliphatic rings. The Morgan fingerprint density at radius 3 is 2.41 bits per heavy atom. The van der Waals surface area contributed by atoms with Crippen LogP contribution in [-0.2, 0) is 0 Å². The lowest BCUT2D eigenvalue weighted by Crippen LogP contribution is -2.23. The molecule has 0 bridgehead atoms. The summed E-state index contributed by atoms with van der Waals surface area (Å²) in [6, 6.07) is 40.2. The molecule has 0 aliphatic carbocycles. The fraction of sp³-hybridized carbons (Fsp3) is 0.0571. The van der Waals surface area contributed by atoms with E-state index >= 15 is 0 Å². The summed E-state index contributed by atoms with van der Waals surface area (Å²) in [4.78, 5) is 9.40. The van der Waals surface area contributed by atoms with Crippen molar-refractivity contribution in [2.75, 3.05) is 23.4 Å². The maximum atomic E-state index is 8.04. The summed E-state index contributed by atoms with van der Waals surface area (Å²) in [7, 11) is 0. The molecule has 0 unspecified atom stereocenters. The number of nitrogens with zero attached hydrogens (tertiary/aromatic N) is 4. The van der Waals surface area contributed by atoms with E-state index in [1.165, 1.54) is 4.90 Å². The van der Waals surface area contributed by atoms with E-state index in [1.54, 1.807) is 11.3 Å². The van der Waals surface area contributed by atoms with Crippen LogP contribution in [0.4, 0.5) is 17.1 Å². The highest BCUT2D eigenvalue weighted by Gasteiger charge is 2.24. The van der Waals surface area contributed by atoms with Crippen molar-refractivity contribution in [3.05, 3.63) is 128 Å². The van der Waals surface area contributed by atoms with Crippen molar-refractivity contribution in [2.45, 2.75) is 0 Å². The molecule has 7 aromatic rings. The number of para-hydroxylation sites is 3.